The number of imide groups is 1. The van der Waals surface area contributed by atoms with E-state index >= 15 is 0 Å². The van der Waals surface area contributed by atoms with Gasteiger partial charge in [-0.25, -0.2) is 9.69 Å². The number of benzene rings is 1. The molecule has 1 unspecified atom stereocenters. The van der Waals surface area contributed by atoms with Crippen molar-refractivity contribution >= 4 is 35.3 Å². The van der Waals surface area contributed by atoms with E-state index in [2.05, 4.69) is 9.57 Å². The Morgan fingerprint density at radius 2 is 2.03 bits per heavy atom. The van der Waals surface area contributed by atoms with Crippen LogP contribution in [0.5, 0.6) is 0 Å². The van der Waals surface area contributed by atoms with E-state index in [0.29, 0.717) is 29.9 Å². The van der Waals surface area contributed by atoms with E-state index in [-0.39, 0.29) is 18.5 Å². The van der Waals surface area contributed by atoms with Crippen molar-refractivity contribution < 1.29 is 18.6 Å². The van der Waals surface area contributed by atoms with Gasteiger partial charge < -0.3 is 4.42 Å². The highest BCUT2D eigenvalue weighted by Crippen LogP contribution is 2.27. The average Bonchev–Trinajstić information content (AvgIpc) is 3.43. The van der Waals surface area contributed by atoms with Gasteiger partial charge in [-0.15, -0.1) is 0 Å². The number of aliphatic imine (C=N–C) groups is 1. The molecular formula is C20H19ClN5O3+. The van der Waals surface area contributed by atoms with Crippen molar-refractivity contribution in [2.45, 2.75) is 19.1 Å². The van der Waals surface area contributed by atoms with E-state index in [1.807, 2.05) is 29.2 Å². The smallest absolute Gasteiger partial charge is 0.393 e. The predicted octanol–water partition coefficient (Wildman–Crippen LogP) is 1.99. The van der Waals surface area contributed by atoms with Crippen LogP contribution in [0, 0.1) is 0 Å². The average molecular weight is 413 g/mol. The fourth-order valence-corrected chi connectivity index (χ4v) is 4.10. The predicted molar refractivity (Wildman–Crippen MR) is 106 cm³/mol. The van der Waals surface area contributed by atoms with E-state index in [9.17, 15) is 9.59 Å². The number of carbonyl (C=O) groups excluding carboxylic acids is 2. The van der Waals surface area contributed by atoms with Crippen molar-refractivity contribution in [3.05, 3.63) is 59.0 Å². The lowest BCUT2D eigenvalue weighted by atomic mass is 10.1. The molecule has 0 N–H and O–H groups in total. The highest BCUT2D eigenvalue weighted by Gasteiger charge is 2.57. The first kappa shape index (κ1) is 17.9. The van der Waals surface area contributed by atoms with Crippen molar-refractivity contribution in [2.75, 3.05) is 20.1 Å². The number of amidine groups is 1. The number of hydrogen-bond acceptors (Lipinski definition) is 5. The molecule has 1 fully saturated rings. The van der Waals surface area contributed by atoms with Crippen molar-refractivity contribution in [3.63, 3.8) is 0 Å². The minimum Gasteiger partial charge on any atom is -0.466 e. The van der Waals surface area contributed by atoms with Crippen molar-refractivity contribution in [2.24, 2.45) is 4.99 Å². The number of nitrogens with zero attached hydrogens (tertiary/aromatic N) is 5. The summed E-state index contributed by atoms with van der Waals surface area (Å²) in [5.41, 5.74) is 0.841. The van der Waals surface area contributed by atoms with Crippen LogP contribution in [0.1, 0.15) is 11.3 Å². The standard InChI is InChI=1S/C20H19ClN5O3/c1-23-17-16(18(27)26(20(23)28)11-13-4-6-14(21)7-5-13)25-9-8-24(19(25)22-17)12-15-3-2-10-29-15/h2-7,10,16H,8-9,11-12H2,1H3/q+1. The molecular weight excluding hydrogens is 394 g/mol. The Morgan fingerprint density at radius 3 is 2.76 bits per heavy atom. The zero-order chi connectivity index (χ0) is 20.1. The third kappa shape index (κ3) is 2.91. The number of urea groups is 1. The monoisotopic (exact) mass is 412 g/mol. The van der Waals surface area contributed by atoms with Gasteiger partial charge in [0.25, 0.3) is 5.91 Å². The molecule has 0 radical (unpaired) electrons. The second-order valence-electron chi connectivity index (χ2n) is 7.26. The van der Waals surface area contributed by atoms with Crippen molar-refractivity contribution in [3.8, 4) is 0 Å². The number of furan rings is 1. The molecule has 8 nitrogen and oxygen atoms in total. The highest BCUT2D eigenvalue weighted by molar-refractivity contribution is 6.30. The van der Waals surface area contributed by atoms with Crippen molar-refractivity contribution in [1.82, 2.24) is 14.7 Å². The zero-order valence-electron chi connectivity index (χ0n) is 15.8. The largest absolute Gasteiger partial charge is 0.466 e. The van der Waals surface area contributed by atoms with E-state index < -0.39 is 6.04 Å². The summed E-state index contributed by atoms with van der Waals surface area (Å²) in [7, 11) is 1.66. The van der Waals surface area contributed by atoms with Gasteiger partial charge in [0, 0.05) is 12.1 Å². The first-order valence-corrected chi connectivity index (χ1v) is 9.74. The van der Waals surface area contributed by atoms with E-state index in [0.717, 1.165) is 17.9 Å². The SMILES string of the molecule is CN1C(=O)N(Cc2ccc(Cl)cc2)C(=O)C2C1=NC1=[N+](Cc3ccco3)CCN12. The lowest BCUT2D eigenvalue weighted by Gasteiger charge is -2.34. The number of guanidine groups is 1. The van der Waals surface area contributed by atoms with Crippen LogP contribution in [-0.4, -0.2) is 69.2 Å². The Hall–Kier alpha value is -3.13. The minimum atomic E-state index is -0.582. The zero-order valence-corrected chi connectivity index (χ0v) is 16.5. The highest BCUT2D eigenvalue weighted by atomic mass is 35.5. The summed E-state index contributed by atoms with van der Waals surface area (Å²) in [6, 6.07) is 9.94. The topological polar surface area (TPSA) is 72.4 Å². The second kappa shape index (κ2) is 6.73. The first-order chi connectivity index (χ1) is 14.0. The molecule has 2 aromatic rings. The minimum absolute atomic E-state index is 0.197. The fraction of sp³-hybridized carbons (Fsp3) is 0.300. The normalized spacial score (nSPS) is 21.1. The molecule has 0 bridgehead atoms. The second-order valence-corrected chi connectivity index (χ2v) is 7.70. The first-order valence-electron chi connectivity index (χ1n) is 9.36. The third-order valence-corrected chi connectivity index (χ3v) is 5.72. The fourth-order valence-electron chi connectivity index (χ4n) is 3.97. The van der Waals surface area contributed by atoms with Crippen molar-refractivity contribution in [1.29, 1.82) is 0 Å². The van der Waals surface area contributed by atoms with Gasteiger partial charge >= 0.3 is 12.0 Å². The summed E-state index contributed by atoms with van der Waals surface area (Å²) in [5.74, 6) is 1.76. The van der Waals surface area contributed by atoms with Gasteiger partial charge in [0.2, 0.25) is 11.9 Å². The number of halogens is 1. The summed E-state index contributed by atoms with van der Waals surface area (Å²) in [6.07, 6.45) is 1.64. The Morgan fingerprint density at radius 1 is 1.24 bits per heavy atom. The summed E-state index contributed by atoms with van der Waals surface area (Å²) >= 11 is 5.94. The number of likely N-dealkylation sites (N-methyl/N-ethyl adjacent to an activating group) is 1. The lowest BCUT2D eigenvalue weighted by Crippen LogP contribution is -2.63. The molecule has 29 heavy (non-hydrogen) atoms. The molecule has 4 heterocycles. The van der Waals surface area contributed by atoms with Crippen LogP contribution in [0.3, 0.4) is 0 Å². The lowest BCUT2D eigenvalue weighted by molar-refractivity contribution is -0.537. The molecule has 0 saturated carbocycles. The van der Waals surface area contributed by atoms with Crippen LogP contribution in [-0.2, 0) is 17.9 Å². The molecule has 1 aromatic carbocycles. The van der Waals surface area contributed by atoms with E-state index in [1.165, 1.54) is 9.80 Å². The molecule has 1 saturated heterocycles. The van der Waals surface area contributed by atoms with Gasteiger partial charge in [0.15, 0.2) is 0 Å². The van der Waals surface area contributed by atoms with Crippen LogP contribution in [0.2, 0.25) is 5.02 Å². The molecule has 1 aromatic heterocycles. The van der Waals surface area contributed by atoms with Gasteiger partial charge in [-0.1, -0.05) is 28.7 Å². The van der Waals surface area contributed by atoms with Gasteiger partial charge in [-0.05, 0) is 29.8 Å². The van der Waals surface area contributed by atoms with Crippen LogP contribution in [0.15, 0.2) is 52.1 Å². The van der Waals surface area contributed by atoms with E-state index in [1.54, 1.807) is 25.4 Å². The Labute approximate surface area is 172 Å². The number of carbonyl (C=O) groups is 2. The summed E-state index contributed by atoms with van der Waals surface area (Å²) in [6.45, 7) is 2.17. The Balaban J connectivity index is 1.44. The Kier molecular flexibility index (Phi) is 4.16. The molecule has 0 spiro atoms. The maximum Gasteiger partial charge on any atom is 0.393 e. The number of amides is 3. The molecule has 1 atom stereocenters. The third-order valence-electron chi connectivity index (χ3n) is 5.46. The quantitative estimate of drug-likeness (QED) is 0.720. The molecule has 148 valence electrons. The van der Waals surface area contributed by atoms with Gasteiger partial charge in [-0.2, -0.15) is 0 Å². The summed E-state index contributed by atoms with van der Waals surface area (Å²) in [4.78, 5) is 35.5. The van der Waals surface area contributed by atoms with Gasteiger partial charge in [-0.3, -0.25) is 19.2 Å². The summed E-state index contributed by atoms with van der Waals surface area (Å²) in [5, 5.41) is 0.611. The molecule has 5 rings (SSSR count). The molecule has 9 heteroatoms. The van der Waals surface area contributed by atoms with Gasteiger partial charge in [0.05, 0.1) is 25.9 Å². The summed E-state index contributed by atoms with van der Waals surface area (Å²) < 4.78 is 7.51. The van der Waals surface area contributed by atoms with Gasteiger partial charge in [0.1, 0.15) is 12.3 Å². The number of fused-ring (bicyclic) bond motifs is 3. The molecule has 3 aliphatic rings. The van der Waals surface area contributed by atoms with E-state index in [4.69, 9.17) is 16.0 Å². The van der Waals surface area contributed by atoms with Crippen LogP contribution in [0.25, 0.3) is 0 Å². The van der Waals surface area contributed by atoms with Crippen LogP contribution < -0.4 is 0 Å². The van der Waals surface area contributed by atoms with Crippen LogP contribution in [0.4, 0.5) is 4.79 Å². The maximum atomic E-state index is 13.3. The Bertz CT molecular complexity index is 1040. The molecule has 0 aliphatic carbocycles. The van der Waals surface area contributed by atoms with Crippen LogP contribution >= 0.6 is 11.6 Å². The molecule has 3 aliphatic heterocycles. The number of rotatable bonds is 4. The maximum absolute atomic E-state index is 13.3. The number of hydrogen-bond donors (Lipinski definition) is 0. The molecule has 3 amide bonds.